The predicted octanol–water partition coefficient (Wildman–Crippen LogP) is 5.92. The van der Waals surface area contributed by atoms with Gasteiger partial charge in [0, 0.05) is 61.8 Å². The second kappa shape index (κ2) is 15.2. The highest BCUT2D eigenvalue weighted by atomic mass is 16.1. The molecule has 1 fully saturated rings. The van der Waals surface area contributed by atoms with Crippen LogP contribution in [0.2, 0.25) is 0 Å². The first kappa shape index (κ1) is 27.5. The van der Waals surface area contributed by atoms with Gasteiger partial charge in [-0.25, -0.2) is 0 Å². The fraction of sp³-hybridized carbons (Fsp3) is 0.483. The number of piperazine rings is 1. The molecule has 3 heterocycles. The highest BCUT2D eigenvalue weighted by Gasteiger charge is 2.15. The van der Waals surface area contributed by atoms with Gasteiger partial charge in [-0.15, -0.1) is 0 Å². The van der Waals surface area contributed by atoms with Gasteiger partial charge in [0.25, 0.3) is 0 Å². The third kappa shape index (κ3) is 8.53. The number of fused-ring (bicyclic) bond motifs is 1. The number of pyridine rings is 2. The van der Waals surface area contributed by atoms with Gasteiger partial charge in [-0.1, -0.05) is 45.4 Å². The minimum absolute atomic E-state index is 0.289. The molecule has 0 aliphatic carbocycles. The third-order valence-electron chi connectivity index (χ3n) is 5.93. The molecule has 5 heteroatoms. The number of para-hydroxylation sites is 1. The maximum atomic E-state index is 10.0. The van der Waals surface area contributed by atoms with E-state index >= 15 is 0 Å². The van der Waals surface area contributed by atoms with E-state index in [-0.39, 0.29) is 5.78 Å². The van der Waals surface area contributed by atoms with Crippen LogP contribution in [-0.4, -0.2) is 41.9 Å². The summed E-state index contributed by atoms with van der Waals surface area (Å²) in [5, 5.41) is 4.67. The topological polar surface area (TPSA) is 58.1 Å². The Morgan fingerprint density at radius 3 is 2.29 bits per heavy atom. The smallest absolute Gasteiger partial charge is 0.129 e. The number of nitrogens with one attached hydrogen (secondary N) is 1. The van der Waals surface area contributed by atoms with Crippen molar-refractivity contribution in [1.82, 2.24) is 15.3 Å². The van der Waals surface area contributed by atoms with E-state index in [1.807, 2.05) is 25.4 Å². The van der Waals surface area contributed by atoms with Crippen molar-refractivity contribution < 1.29 is 4.79 Å². The minimum atomic E-state index is 0.289. The molecule has 0 unspecified atom stereocenters. The number of carbonyl (C=O) groups excluding carboxylic acids is 1. The fourth-order valence-electron chi connectivity index (χ4n) is 4.16. The van der Waals surface area contributed by atoms with E-state index < -0.39 is 0 Å². The van der Waals surface area contributed by atoms with E-state index in [2.05, 4.69) is 71.3 Å². The average molecular weight is 463 g/mol. The molecule has 34 heavy (non-hydrogen) atoms. The van der Waals surface area contributed by atoms with Crippen molar-refractivity contribution in [3.8, 4) is 0 Å². The number of benzene rings is 1. The average Bonchev–Trinajstić information content (AvgIpc) is 2.86. The third-order valence-corrected chi connectivity index (χ3v) is 5.93. The lowest BCUT2D eigenvalue weighted by Crippen LogP contribution is -2.44. The van der Waals surface area contributed by atoms with Gasteiger partial charge >= 0.3 is 0 Å². The first-order chi connectivity index (χ1) is 16.5. The maximum absolute atomic E-state index is 10.0. The Hall–Kier alpha value is -2.79. The Morgan fingerprint density at radius 2 is 1.68 bits per heavy atom. The molecule has 1 N–H and O–H groups in total. The molecule has 1 aliphatic rings. The molecule has 0 saturated carbocycles. The molecule has 0 atom stereocenters. The Labute approximate surface area is 206 Å². The van der Waals surface area contributed by atoms with E-state index in [0.29, 0.717) is 0 Å². The molecule has 184 valence electrons. The van der Waals surface area contributed by atoms with Crippen LogP contribution in [0.4, 0.5) is 5.69 Å². The van der Waals surface area contributed by atoms with Gasteiger partial charge in [-0.05, 0) is 62.4 Å². The Kier molecular flexibility index (Phi) is 12.3. The van der Waals surface area contributed by atoms with Crippen LogP contribution < -0.4 is 10.2 Å². The summed E-state index contributed by atoms with van der Waals surface area (Å²) in [6.45, 7) is 14.5. The lowest BCUT2D eigenvalue weighted by molar-refractivity contribution is -0.117. The summed E-state index contributed by atoms with van der Waals surface area (Å²) in [6.07, 6.45) is 8.93. The van der Waals surface area contributed by atoms with Crippen LogP contribution in [0.15, 0.2) is 48.8 Å². The van der Waals surface area contributed by atoms with Crippen molar-refractivity contribution >= 4 is 22.4 Å². The van der Waals surface area contributed by atoms with E-state index in [9.17, 15) is 4.79 Å². The number of nitrogens with zero attached hydrogens (tertiary/aromatic N) is 3. The summed E-state index contributed by atoms with van der Waals surface area (Å²) in [7, 11) is 0. The monoisotopic (exact) mass is 462 g/mol. The largest absolute Gasteiger partial charge is 0.369 e. The molecule has 2 aromatic heterocycles. The number of aryl methyl sites for hydroxylation is 2. The molecule has 1 saturated heterocycles. The SMILES string of the molecule is CCCC(C)=O.CCCc1c(N2CCNCC2)ccnc1C.CCc1ccnc2ccccc12. The highest BCUT2D eigenvalue weighted by Crippen LogP contribution is 2.24. The maximum Gasteiger partial charge on any atom is 0.129 e. The van der Waals surface area contributed by atoms with Crippen molar-refractivity contribution in [1.29, 1.82) is 0 Å². The summed E-state index contributed by atoms with van der Waals surface area (Å²) < 4.78 is 0. The molecular formula is C29H42N4O. The van der Waals surface area contributed by atoms with Gasteiger partial charge in [0.2, 0.25) is 0 Å². The summed E-state index contributed by atoms with van der Waals surface area (Å²) in [4.78, 5) is 21.2. The standard InChI is InChI=1S/C13H21N3.C11H11N.C5H10O/c1-3-4-12-11(2)15-6-5-13(12)16-9-7-14-8-10-16;1-2-9-7-8-12-11-6-4-3-5-10(9)11;1-3-4-5(2)6/h5-6,14H,3-4,7-10H2,1-2H3;3-8H,2H2,1H3;3-4H2,1-2H3. The minimum Gasteiger partial charge on any atom is -0.369 e. The number of anilines is 1. The first-order valence-corrected chi connectivity index (χ1v) is 12.7. The number of carbonyl (C=O) groups is 1. The number of hydrogen-bond acceptors (Lipinski definition) is 5. The van der Waals surface area contributed by atoms with Gasteiger partial charge < -0.3 is 15.0 Å². The second-order valence-corrected chi connectivity index (χ2v) is 8.67. The quantitative estimate of drug-likeness (QED) is 0.492. The molecular weight excluding hydrogens is 420 g/mol. The van der Waals surface area contributed by atoms with Crippen molar-refractivity contribution in [2.75, 3.05) is 31.1 Å². The summed E-state index contributed by atoms with van der Waals surface area (Å²) >= 11 is 0. The van der Waals surface area contributed by atoms with Crippen LogP contribution in [-0.2, 0) is 17.6 Å². The van der Waals surface area contributed by atoms with Gasteiger partial charge in [0.1, 0.15) is 5.78 Å². The lowest BCUT2D eigenvalue weighted by Gasteiger charge is -2.31. The summed E-state index contributed by atoms with van der Waals surface area (Å²) in [5.74, 6) is 0.289. The van der Waals surface area contributed by atoms with Crippen molar-refractivity contribution in [3.05, 3.63) is 65.6 Å². The number of hydrogen-bond donors (Lipinski definition) is 1. The Morgan fingerprint density at radius 1 is 0.971 bits per heavy atom. The van der Waals surface area contributed by atoms with Crippen LogP contribution in [0.1, 0.15) is 63.8 Å². The van der Waals surface area contributed by atoms with Crippen LogP contribution >= 0.6 is 0 Å². The van der Waals surface area contributed by atoms with Gasteiger partial charge in [0.05, 0.1) is 5.52 Å². The number of Topliss-reactive ketones (excluding diaryl/α,β-unsaturated/α-hetero) is 1. The van der Waals surface area contributed by atoms with Crippen LogP contribution in [0.5, 0.6) is 0 Å². The van der Waals surface area contributed by atoms with E-state index in [0.717, 1.165) is 57.4 Å². The fourth-order valence-corrected chi connectivity index (χ4v) is 4.16. The Bertz CT molecular complexity index is 1010. The van der Waals surface area contributed by atoms with Gasteiger partial charge in [-0.3, -0.25) is 9.97 Å². The summed E-state index contributed by atoms with van der Waals surface area (Å²) in [6, 6.07) is 12.5. The molecule has 0 amide bonds. The number of rotatable bonds is 6. The van der Waals surface area contributed by atoms with Crippen molar-refractivity contribution in [2.24, 2.45) is 0 Å². The number of aromatic nitrogens is 2. The zero-order valence-corrected chi connectivity index (χ0v) is 21.7. The van der Waals surface area contributed by atoms with E-state index in [4.69, 9.17) is 0 Å². The Balaban J connectivity index is 0.000000200. The molecule has 0 radical (unpaired) electrons. The lowest BCUT2D eigenvalue weighted by atomic mass is 10.1. The van der Waals surface area contributed by atoms with Crippen molar-refractivity contribution in [2.45, 2.75) is 66.7 Å². The normalized spacial score (nSPS) is 12.9. The van der Waals surface area contributed by atoms with E-state index in [1.54, 1.807) is 6.92 Å². The predicted molar refractivity (Wildman–Crippen MR) is 145 cm³/mol. The van der Waals surface area contributed by atoms with Crippen LogP contribution in [0.25, 0.3) is 10.9 Å². The first-order valence-electron chi connectivity index (χ1n) is 12.7. The van der Waals surface area contributed by atoms with Gasteiger partial charge in [-0.2, -0.15) is 0 Å². The molecule has 4 rings (SSSR count). The van der Waals surface area contributed by atoms with Gasteiger partial charge in [0.15, 0.2) is 0 Å². The molecule has 0 bridgehead atoms. The summed E-state index contributed by atoms with van der Waals surface area (Å²) in [5.41, 5.74) is 6.50. The van der Waals surface area contributed by atoms with Crippen LogP contribution in [0, 0.1) is 6.92 Å². The second-order valence-electron chi connectivity index (χ2n) is 8.67. The molecule has 1 aromatic carbocycles. The molecule has 3 aromatic rings. The molecule has 1 aliphatic heterocycles. The van der Waals surface area contributed by atoms with Crippen LogP contribution in [0.3, 0.4) is 0 Å². The zero-order valence-electron chi connectivity index (χ0n) is 21.7. The molecule has 5 nitrogen and oxygen atoms in total. The highest BCUT2D eigenvalue weighted by molar-refractivity contribution is 5.81. The zero-order chi connectivity index (χ0) is 24.8. The molecule has 0 spiro atoms. The van der Waals surface area contributed by atoms with Crippen molar-refractivity contribution in [3.63, 3.8) is 0 Å². The van der Waals surface area contributed by atoms with E-state index in [1.165, 1.54) is 34.3 Å². The number of ketones is 1.